The van der Waals surface area contributed by atoms with Gasteiger partial charge in [0, 0.05) is 6.54 Å². The average molecular weight is 153 g/mol. The predicted octanol–water partition coefficient (Wildman–Crippen LogP) is 0.865. The molecule has 0 aliphatic rings. The quantitative estimate of drug-likeness (QED) is 0.574. The summed E-state index contributed by atoms with van der Waals surface area (Å²) in [5.74, 6) is 0. The van der Waals surface area contributed by atoms with Crippen LogP contribution in [0.25, 0.3) is 0 Å². The first-order valence-electron chi connectivity index (χ1n) is 3.54. The molecule has 0 aromatic carbocycles. The maximum absolute atomic E-state index is 9.39. The largest absolute Gasteiger partial charge is 0.387 e. The number of nitrogens with one attached hydrogen (secondary N) is 1. The van der Waals surface area contributed by atoms with Crippen LogP contribution in [0.1, 0.15) is 0 Å². The third-order valence-corrected chi connectivity index (χ3v) is 1.33. The molecule has 2 nitrogen and oxygen atoms in total. The van der Waals surface area contributed by atoms with Crippen molar-refractivity contribution in [1.82, 2.24) is 5.32 Å². The fraction of sp³-hybridized carbons (Fsp3) is 0.333. The van der Waals surface area contributed by atoms with E-state index in [-0.39, 0.29) is 0 Å². The Hall–Kier alpha value is -0.860. The molecule has 62 valence electrons. The molecule has 0 aromatic rings. The molecule has 0 aromatic heterocycles. The second kappa shape index (κ2) is 5.89. The molecule has 0 aliphatic carbocycles. The van der Waals surface area contributed by atoms with Gasteiger partial charge in [0.05, 0.1) is 6.10 Å². The molecule has 0 rings (SSSR count). The first-order valence-corrected chi connectivity index (χ1v) is 3.54. The zero-order valence-corrected chi connectivity index (χ0v) is 6.88. The molecule has 2 heteroatoms. The standard InChI is InChI=1S/C9H15NO/c1-4-6-8(5-2)9(11)7-10-3/h4-6,9-11H,1-2,7H2,3H3/b8-6+. The normalized spacial score (nSPS) is 14.2. The van der Waals surface area contributed by atoms with Crippen molar-refractivity contribution >= 4 is 0 Å². The molecule has 11 heavy (non-hydrogen) atoms. The molecular formula is C9H15NO. The summed E-state index contributed by atoms with van der Waals surface area (Å²) >= 11 is 0. The lowest BCUT2D eigenvalue weighted by Crippen LogP contribution is -2.24. The van der Waals surface area contributed by atoms with E-state index in [9.17, 15) is 5.11 Å². The van der Waals surface area contributed by atoms with E-state index >= 15 is 0 Å². The molecule has 0 saturated heterocycles. The van der Waals surface area contributed by atoms with Gasteiger partial charge in [-0.05, 0) is 12.6 Å². The van der Waals surface area contributed by atoms with Gasteiger partial charge in [-0.2, -0.15) is 0 Å². The Kier molecular flexibility index (Phi) is 5.43. The lowest BCUT2D eigenvalue weighted by molar-refractivity contribution is 0.214. The smallest absolute Gasteiger partial charge is 0.0914 e. The van der Waals surface area contributed by atoms with Crippen molar-refractivity contribution in [3.05, 3.63) is 37.0 Å². The first-order chi connectivity index (χ1) is 5.26. The van der Waals surface area contributed by atoms with Crippen LogP contribution in [-0.2, 0) is 0 Å². The second-order valence-corrected chi connectivity index (χ2v) is 2.18. The lowest BCUT2D eigenvalue weighted by atomic mass is 10.1. The van der Waals surface area contributed by atoms with E-state index in [0.29, 0.717) is 6.54 Å². The van der Waals surface area contributed by atoms with E-state index in [2.05, 4.69) is 18.5 Å². The van der Waals surface area contributed by atoms with Crippen molar-refractivity contribution in [2.45, 2.75) is 6.10 Å². The summed E-state index contributed by atoms with van der Waals surface area (Å²) in [5.41, 5.74) is 0.786. The molecule has 0 radical (unpaired) electrons. The SMILES string of the molecule is C=C/C=C(\C=C)C(O)CNC. The molecule has 1 unspecified atom stereocenters. The van der Waals surface area contributed by atoms with Crippen molar-refractivity contribution in [3.8, 4) is 0 Å². The lowest BCUT2D eigenvalue weighted by Gasteiger charge is -2.09. The predicted molar refractivity (Wildman–Crippen MR) is 48.4 cm³/mol. The van der Waals surface area contributed by atoms with Crippen LogP contribution < -0.4 is 5.32 Å². The molecule has 0 spiro atoms. The number of rotatable bonds is 5. The van der Waals surface area contributed by atoms with E-state index < -0.39 is 6.10 Å². The van der Waals surface area contributed by atoms with Crippen molar-refractivity contribution in [2.24, 2.45) is 0 Å². The Morgan fingerprint density at radius 1 is 1.64 bits per heavy atom. The van der Waals surface area contributed by atoms with Gasteiger partial charge in [0.2, 0.25) is 0 Å². The van der Waals surface area contributed by atoms with E-state index in [1.165, 1.54) is 0 Å². The molecule has 0 bridgehead atoms. The average Bonchev–Trinajstić information content (AvgIpc) is 2.00. The highest BCUT2D eigenvalue weighted by atomic mass is 16.3. The third-order valence-electron chi connectivity index (χ3n) is 1.33. The van der Waals surface area contributed by atoms with E-state index in [4.69, 9.17) is 0 Å². The Labute approximate surface area is 67.9 Å². The molecule has 2 N–H and O–H groups in total. The fourth-order valence-electron chi connectivity index (χ4n) is 0.762. The monoisotopic (exact) mass is 153 g/mol. The second-order valence-electron chi connectivity index (χ2n) is 2.18. The molecule has 0 heterocycles. The van der Waals surface area contributed by atoms with Gasteiger partial charge in [0.15, 0.2) is 0 Å². The summed E-state index contributed by atoms with van der Waals surface area (Å²) in [4.78, 5) is 0. The minimum atomic E-state index is -0.490. The van der Waals surface area contributed by atoms with Crippen molar-refractivity contribution in [3.63, 3.8) is 0 Å². The summed E-state index contributed by atoms with van der Waals surface area (Å²) in [6.45, 7) is 7.65. The fourth-order valence-corrected chi connectivity index (χ4v) is 0.762. The van der Waals surface area contributed by atoms with Crippen LogP contribution in [0.5, 0.6) is 0 Å². The summed E-state index contributed by atoms with van der Waals surface area (Å²) < 4.78 is 0. The number of hydrogen-bond donors (Lipinski definition) is 2. The van der Waals surface area contributed by atoms with E-state index in [1.807, 2.05) is 0 Å². The zero-order valence-electron chi connectivity index (χ0n) is 6.88. The molecule has 0 saturated carbocycles. The van der Waals surface area contributed by atoms with Gasteiger partial charge in [0.1, 0.15) is 0 Å². The highest BCUT2D eigenvalue weighted by Gasteiger charge is 2.03. The maximum atomic E-state index is 9.39. The van der Waals surface area contributed by atoms with Crippen LogP contribution >= 0.6 is 0 Å². The van der Waals surface area contributed by atoms with E-state index in [1.54, 1.807) is 25.3 Å². The minimum Gasteiger partial charge on any atom is -0.387 e. The van der Waals surface area contributed by atoms with Gasteiger partial charge in [-0.3, -0.25) is 0 Å². The van der Waals surface area contributed by atoms with Crippen LogP contribution in [0.15, 0.2) is 37.0 Å². The topological polar surface area (TPSA) is 32.3 Å². The van der Waals surface area contributed by atoms with Gasteiger partial charge in [0.25, 0.3) is 0 Å². The summed E-state index contributed by atoms with van der Waals surface area (Å²) in [5, 5.41) is 12.3. The third kappa shape index (κ3) is 3.75. The Morgan fingerprint density at radius 2 is 2.27 bits per heavy atom. The number of aliphatic hydroxyl groups is 1. The number of likely N-dealkylation sites (N-methyl/N-ethyl adjacent to an activating group) is 1. The number of allylic oxidation sites excluding steroid dienone is 2. The highest BCUT2D eigenvalue weighted by Crippen LogP contribution is 2.02. The molecule has 0 aliphatic heterocycles. The van der Waals surface area contributed by atoms with Gasteiger partial charge >= 0.3 is 0 Å². The van der Waals surface area contributed by atoms with Gasteiger partial charge in [-0.1, -0.05) is 31.4 Å². The molecule has 0 fully saturated rings. The van der Waals surface area contributed by atoms with Crippen LogP contribution in [0.3, 0.4) is 0 Å². The van der Waals surface area contributed by atoms with Crippen molar-refractivity contribution in [2.75, 3.05) is 13.6 Å². The minimum absolute atomic E-state index is 0.490. The van der Waals surface area contributed by atoms with Crippen molar-refractivity contribution in [1.29, 1.82) is 0 Å². The molecule has 0 amide bonds. The molecule has 1 atom stereocenters. The Balaban J connectivity index is 4.12. The van der Waals surface area contributed by atoms with Gasteiger partial charge in [-0.15, -0.1) is 0 Å². The molecular weight excluding hydrogens is 138 g/mol. The van der Waals surface area contributed by atoms with Gasteiger partial charge < -0.3 is 10.4 Å². The first kappa shape index (κ1) is 10.1. The summed E-state index contributed by atoms with van der Waals surface area (Å²) in [6, 6.07) is 0. The van der Waals surface area contributed by atoms with Crippen LogP contribution in [0, 0.1) is 0 Å². The highest BCUT2D eigenvalue weighted by molar-refractivity contribution is 5.25. The summed E-state index contributed by atoms with van der Waals surface area (Å²) in [7, 11) is 1.79. The zero-order chi connectivity index (χ0) is 8.69. The Morgan fingerprint density at radius 3 is 2.64 bits per heavy atom. The number of hydrogen-bond acceptors (Lipinski definition) is 2. The summed E-state index contributed by atoms with van der Waals surface area (Å²) in [6.07, 6.45) is 4.52. The van der Waals surface area contributed by atoms with Crippen LogP contribution in [0.2, 0.25) is 0 Å². The van der Waals surface area contributed by atoms with Gasteiger partial charge in [-0.25, -0.2) is 0 Å². The van der Waals surface area contributed by atoms with Crippen LogP contribution in [0.4, 0.5) is 0 Å². The maximum Gasteiger partial charge on any atom is 0.0914 e. The Bertz CT molecular complexity index is 161. The van der Waals surface area contributed by atoms with Crippen LogP contribution in [-0.4, -0.2) is 24.8 Å². The van der Waals surface area contributed by atoms with Crippen molar-refractivity contribution < 1.29 is 5.11 Å². The van der Waals surface area contributed by atoms with E-state index in [0.717, 1.165) is 5.57 Å². The number of aliphatic hydroxyl groups excluding tert-OH is 1.